The van der Waals surface area contributed by atoms with E-state index in [-0.39, 0.29) is 11.8 Å². The number of nitrogens with zero attached hydrogens (tertiary/aromatic N) is 2. The summed E-state index contributed by atoms with van der Waals surface area (Å²) in [6.45, 7) is 6.14. The van der Waals surface area contributed by atoms with Gasteiger partial charge in [-0.2, -0.15) is 0 Å². The minimum absolute atomic E-state index is 0.267. The molecule has 0 aliphatic carbocycles. The predicted molar refractivity (Wildman–Crippen MR) is 137 cm³/mol. The number of hydrogen-bond donors (Lipinski definition) is 2. The van der Waals surface area contributed by atoms with E-state index in [1.165, 1.54) is 0 Å². The maximum absolute atomic E-state index is 13.0. The number of amides is 2. The molecule has 3 aromatic carbocycles. The van der Waals surface area contributed by atoms with Crippen molar-refractivity contribution in [1.82, 2.24) is 10.7 Å². The van der Waals surface area contributed by atoms with E-state index in [2.05, 4.69) is 41.6 Å². The summed E-state index contributed by atoms with van der Waals surface area (Å²) in [5.41, 5.74) is 6.41. The summed E-state index contributed by atoms with van der Waals surface area (Å²) in [5, 5.41) is 2.93. The molecular weight excluding hydrogens is 440 g/mol. The summed E-state index contributed by atoms with van der Waals surface area (Å²) in [5.74, 6) is 0.0750. The second kappa shape index (κ2) is 10.9. The molecule has 1 aliphatic rings. The first-order chi connectivity index (χ1) is 17.0. The van der Waals surface area contributed by atoms with Crippen LogP contribution in [0.1, 0.15) is 41.4 Å². The van der Waals surface area contributed by atoms with Crippen molar-refractivity contribution in [2.75, 3.05) is 25.1 Å². The Morgan fingerprint density at radius 1 is 1.00 bits per heavy atom. The molecule has 1 fully saturated rings. The van der Waals surface area contributed by atoms with Crippen molar-refractivity contribution in [2.45, 2.75) is 25.9 Å². The fraction of sp³-hybridized carbons (Fsp3) is 0.250. The molecule has 7 nitrogen and oxygen atoms in total. The summed E-state index contributed by atoms with van der Waals surface area (Å²) in [6.07, 6.45) is 1.90. The number of hydrazone groups is 1. The molecule has 0 saturated carbocycles. The molecule has 35 heavy (non-hydrogen) atoms. The molecule has 3 aromatic rings. The molecule has 0 aromatic heterocycles. The Kier molecular flexibility index (Phi) is 7.45. The highest BCUT2D eigenvalue weighted by Gasteiger charge is 2.47. The Bertz CT molecular complexity index is 1190. The van der Waals surface area contributed by atoms with Gasteiger partial charge < -0.3 is 15.0 Å². The maximum atomic E-state index is 13.0. The fourth-order valence-electron chi connectivity index (χ4n) is 4.32. The molecule has 2 amide bonds. The van der Waals surface area contributed by atoms with Crippen LogP contribution in [0.2, 0.25) is 0 Å². The average Bonchev–Trinajstić information content (AvgIpc) is 3.20. The van der Waals surface area contributed by atoms with Crippen LogP contribution in [0.4, 0.5) is 5.69 Å². The topological polar surface area (TPSA) is 73.7 Å². The van der Waals surface area contributed by atoms with Gasteiger partial charge in [-0.3, -0.25) is 9.59 Å². The smallest absolute Gasteiger partial charge is 0.304 e. The van der Waals surface area contributed by atoms with Gasteiger partial charge in [0, 0.05) is 35.5 Å². The van der Waals surface area contributed by atoms with E-state index in [0.717, 1.165) is 29.9 Å². The fourth-order valence-corrected chi connectivity index (χ4v) is 4.32. The van der Waals surface area contributed by atoms with Gasteiger partial charge in [-0.15, -0.1) is 10.1 Å². The van der Waals surface area contributed by atoms with E-state index in [9.17, 15) is 9.59 Å². The second-order valence-electron chi connectivity index (χ2n) is 8.31. The van der Waals surface area contributed by atoms with Gasteiger partial charge in [0.2, 0.25) is 12.3 Å². The van der Waals surface area contributed by atoms with Crippen LogP contribution < -0.4 is 20.4 Å². The van der Waals surface area contributed by atoms with Crippen LogP contribution in [0.5, 0.6) is 5.75 Å². The van der Waals surface area contributed by atoms with Crippen molar-refractivity contribution in [2.24, 2.45) is 0 Å². The van der Waals surface area contributed by atoms with Crippen molar-refractivity contribution < 1.29 is 19.0 Å². The number of benzene rings is 3. The quantitative estimate of drug-likeness (QED) is 0.493. The zero-order chi connectivity index (χ0) is 24.8. The van der Waals surface area contributed by atoms with Crippen LogP contribution >= 0.6 is 0 Å². The number of methoxy groups -OCH3 is 1. The Morgan fingerprint density at radius 3 is 2.26 bits per heavy atom. The number of anilines is 1. The van der Waals surface area contributed by atoms with Gasteiger partial charge >= 0.3 is 5.91 Å². The lowest BCUT2D eigenvalue weighted by Crippen LogP contribution is -2.42. The van der Waals surface area contributed by atoms with Crippen LogP contribution in [0.3, 0.4) is 0 Å². The number of rotatable bonds is 8. The first kappa shape index (κ1) is 24.0. The van der Waals surface area contributed by atoms with Gasteiger partial charge in [0.25, 0.3) is 5.91 Å². The Balaban J connectivity index is 1.63. The third-order valence-corrected chi connectivity index (χ3v) is 6.23. The molecule has 0 bridgehead atoms. The van der Waals surface area contributed by atoms with Gasteiger partial charge in [-0.25, -0.2) is 0 Å². The van der Waals surface area contributed by atoms with Gasteiger partial charge in [0.1, 0.15) is 5.75 Å². The number of carbonyl (C=O) groups excluding carboxylic acids is 2. The molecule has 0 spiro atoms. The van der Waals surface area contributed by atoms with Crippen LogP contribution in [0, 0.1) is 0 Å². The summed E-state index contributed by atoms with van der Waals surface area (Å²) < 4.78 is 6.95. The highest BCUT2D eigenvalue weighted by molar-refractivity contribution is 5.98. The third kappa shape index (κ3) is 5.35. The molecule has 0 radical (unpaired) electrons. The van der Waals surface area contributed by atoms with Crippen molar-refractivity contribution in [1.29, 1.82) is 0 Å². The predicted octanol–water partition coefficient (Wildman–Crippen LogP) is 3.56. The van der Waals surface area contributed by atoms with E-state index in [0.29, 0.717) is 11.3 Å². The van der Waals surface area contributed by atoms with Crippen LogP contribution in [-0.2, 0) is 4.79 Å². The molecule has 2 atom stereocenters. The first-order valence-electron chi connectivity index (χ1n) is 11.8. The molecule has 4 rings (SSSR count). The lowest BCUT2D eigenvalue weighted by molar-refractivity contribution is -0.596. The van der Waals surface area contributed by atoms with Crippen molar-refractivity contribution in [3.8, 4) is 5.75 Å². The number of nitrogens with one attached hydrogen (secondary N) is 2. The molecule has 1 heterocycles. The molecule has 1 aliphatic heterocycles. The summed E-state index contributed by atoms with van der Waals surface area (Å²) >= 11 is 0. The highest BCUT2D eigenvalue weighted by Crippen LogP contribution is 2.26. The molecule has 2 N–H and O–H groups in total. The van der Waals surface area contributed by atoms with E-state index in [4.69, 9.17) is 4.74 Å². The minimum Gasteiger partial charge on any atom is -0.497 e. The highest BCUT2D eigenvalue weighted by atomic mass is 16.5. The largest absolute Gasteiger partial charge is 0.497 e. The van der Waals surface area contributed by atoms with Crippen LogP contribution in [0.25, 0.3) is 0 Å². The first-order valence-corrected chi connectivity index (χ1v) is 11.8. The van der Waals surface area contributed by atoms with Gasteiger partial charge in [0.05, 0.1) is 7.11 Å². The summed E-state index contributed by atoms with van der Waals surface area (Å²) in [6, 6.07) is 23.6. The van der Waals surface area contributed by atoms with E-state index < -0.39 is 12.1 Å². The van der Waals surface area contributed by atoms with Crippen LogP contribution in [-0.4, -0.2) is 49.0 Å². The van der Waals surface area contributed by atoms with Crippen molar-refractivity contribution >= 4 is 23.7 Å². The van der Waals surface area contributed by atoms with E-state index >= 15 is 0 Å². The standard InChI is InChI=1S/C28H30N4O3/c1-4-31(5-2)23-15-11-20(12-16-23)19-32-26(21-9-7-6-8-10-21)25(28(34)30-32)29-27(33)22-13-17-24(35-3)18-14-22/h6-19,25-26H,4-5H2,1-3H3,(H-,29,30,33,34)/p+1/t25-,26+/m1/s1. The lowest BCUT2D eigenvalue weighted by Gasteiger charge is -2.20. The number of hydrogen-bond acceptors (Lipinski definition) is 4. The van der Waals surface area contributed by atoms with Crippen LogP contribution in [0.15, 0.2) is 78.9 Å². The number of hydrazine groups is 1. The van der Waals surface area contributed by atoms with Crippen molar-refractivity contribution in [3.63, 3.8) is 0 Å². The Morgan fingerprint density at radius 2 is 1.66 bits per heavy atom. The number of carbonyl (C=O) groups is 2. The Labute approximate surface area is 206 Å². The molecule has 7 heteroatoms. The molecule has 0 unspecified atom stereocenters. The average molecular weight is 472 g/mol. The minimum atomic E-state index is -0.766. The molecule has 1 saturated heterocycles. The zero-order valence-electron chi connectivity index (χ0n) is 20.3. The normalized spacial score (nSPS) is 18.3. The lowest BCUT2D eigenvalue weighted by atomic mass is 10.00. The maximum Gasteiger partial charge on any atom is 0.304 e. The van der Waals surface area contributed by atoms with Gasteiger partial charge in [-0.05, 0) is 62.4 Å². The third-order valence-electron chi connectivity index (χ3n) is 6.23. The van der Waals surface area contributed by atoms with Gasteiger partial charge in [0.15, 0.2) is 6.04 Å². The summed E-state index contributed by atoms with van der Waals surface area (Å²) in [4.78, 5) is 28.3. The van der Waals surface area contributed by atoms with Crippen molar-refractivity contribution in [3.05, 3.63) is 95.6 Å². The number of ether oxygens (including phenoxy) is 1. The zero-order valence-corrected chi connectivity index (χ0v) is 20.3. The van der Waals surface area contributed by atoms with E-state index in [1.54, 1.807) is 36.1 Å². The summed E-state index contributed by atoms with van der Waals surface area (Å²) in [7, 11) is 1.57. The van der Waals surface area contributed by atoms with E-state index in [1.807, 2.05) is 48.7 Å². The Hall–Kier alpha value is -4.13. The molecule has 180 valence electrons. The SMILES string of the molecule is CCN(CC)c1ccc(/C=[N+]2\NC(=O)[C@H](NC(=O)c3ccc(OC)cc3)[C@@H]2c2ccccc2)cc1. The second-order valence-corrected chi connectivity index (χ2v) is 8.31. The molecular formula is C28H31N4O3+. The monoisotopic (exact) mass is 471 g/mol. The van der Waals surface area contributed by atoms with Gasteiger partial charge in [-0.1, -0.05) is 30.3 Å².